The number of nitrogens with zero attached hydrogens (tertiary/aromatic N) is 1. The van der Waals surface area contributed by atoms with Crippen molar-refractivity contribution >= 4 is 0 Å². The van der Waals surface area contributed by atoms with Crippen molar-refractivity contribution in [1.29, 1.82) is 0 Å². The topological polar surface area (TPSA) is 12.5 Å². The quantitative estimate of drug-likeness (QED) is 0.0385. The Morgan fingerprint density at radius 1 is 0.489 bits per heavy atom. The third-order valence-corrected chi connectivity index (χ3v) is 8.48. The maximum absolute atomic E-state index is 6.45. The van der Waals surface area contributed by atoms with E-state index in [2.05, 4.69) is 112 Å². The van der Waals surface area contributed by atoms with Crippen LogP contribution in [0.1, 0.15) is 174 Å². The summed E-state index contributed by atoms with van der Waals surface area (Å²) >= 11 is 0. The fourth-order valence-electron chi connectivity index (χ4n) is 5.51. The van der Waals surface area contributed by atoms with Gasteiger partial charge in [-0.05, 0) is 136 Å². The summed E-state index contributed by atoms with van der Waals surface area (Å²) in [5.41, 5.74) is 0. The minimum absolute atomic E-state index is 0.332. The van der Waals surface area contributed by atoms with Crippen molar-refractivity contribution in [3.63, 3.8) is 0 Å². The van der Waals surface area contributed by atoms with Crippen LogP contribution in [0.2, 0.25) is 0 Å². The first-order chi connectivity index (χ1) is 23.1. The number of hydrogen-bond donors (Lipinski definition) is 0. The number of ether oxygens (including phenoxy) is 1. The van der Waals surface area contributed by atoms with E-state index in [4.69, 9.17) is 4.74 Å². The summed E-state index contributed by atoms with van der Waals surface area (Å²) < 4.78 is 6.45. The summed E-state index contributed by atoms with van der Waals surface area (Å²) in [5, 5.41) is 0. The highest BCUT2D eigenvalue weighted by Crippen LogP contribution is 2.20. The van der Waals surface area contributed by atoms with Crippen molar-refractivity contribution in [3.05, 3.63) is 85.3 Å². The molecule has 270 valence electrons. The second-order valence-corrected chi connectivity index (χ2v) is 13.6. The Bertz CT molecular complexity index is 773. The summed E-state index contributed by atoms with van der Waals surface area (Å²) in [6.45, 7) is 9.95. The molecule has 47 heavy (non-hydrogen) atoms. The van der Waals surface area contributed by atoms with Gasteiger partial charge in [-0.2, -0.15) is 0 Å². The van der Waals surface area contributed by atoms with Crippen molar-refractivity contribution in [1.82, 2.24) is 4.90 Å². The minimum Gasteiger partial charge on any atom is -0.495 e. The van der Waals surface area contributed by atoms with Crippen molar-refractivity contribution < 1.29 is 4.74 Å². The maximum atomic E-state index is 6.45. The van der Waals surface area contributed by atoms with Crippen LogP contribution in [0.5, 0.6) is 0 Å². The third kappa shape index (κ3) is 38.3. The average molecular weight is 650 g/mol. The van der Waals surface area contributed by atoms with Crippen LogP contribution in [0.4, 0.5) is 0 Å². The third-order valence-electron chi connectivity index (χ3n) is 8.48. The van der Waals surface area contributed by atoms with Crippen LogP contribution >= 0.6 is 0 Å². The zero-order chi connectivity index (χ0) is 34.3. The van der Waals surface area contributed by atoms with Crippen LogP contribution in [0.15, 0.2) is 85.3 Å². The normalized spacial score (nSPS) is 12.7. The van der Waals surface area contributed by atoms with Crippen LogP contribution in [0, 0.1) is 0 Å². The Hall–Kier alpha value is -2.06. The first-order valence-corrected chi connectivity index (χ1v) is 20.0. The van der Waals surface area contributed by atoms with Crippen LogP contribution in [-0.2, 0) is 4.74 Å². The molecule has 0 bridgehead atoms. The summed E-state index contributed by atoms with van der Waals surface area (Å²) in [5.74, 6) is 1.000. The summed E-state index contributed by atoms with van der Waals surface area (Å²) in [6, 6.07) is 0. The maximum Gasteiger partial charge on any atom is 0.0982 e. The molecule has 2 heteroatoms. The zero-order valence-corrected chi connectivity index (χ0v) is 32.0. The molecule has 0 aliphatic heterocycles. The lowest BCUT2D eigenvalue weighted by Crippen LogP contribution is -2.14. The smallest absolute Gasteiger partial charge is 0.0982 e. The second-order valence-electron chi connectivity index (χ2n) is 13.6. The molecular weight excluding hydrogens is 571 g/mol. The fourth-order valence-corrected chi connectivity index (χ4v) is 5.51. The van der Waals surface area contributed by atoms with Crippen LogP contribution in [0.25, 0.3) is 0 Å². The number of hydrogen-bond acceptors (Lipinski definition) is 2. The molecular formula is C45H79NO. The molecule has 0 aromatic carbocycles. The molecule has 0 radical (unpaired) electrons. The highest BCUT2D eigenvalue weighted by atomic mass is 16.5. The molecule has 0 heterocycles. The van der Waals surface area contributed by atoms with Gasteiger partial charge in [-0.15, -0.1) is 0 Å². The van der Waals surface area contributed by atoms with Gasteiger partial charge in [0.25, 0.3) is 0 Å². The fraction of sp³-hybridized carbons (Fsp3) is 0.689. The molecule has 2 nitrogen and oxygen atoms in total. The van der Waals surface area contributed by atoms with E-state index < -0.39 is 0 Å². The summed E-state index contributed by atoms with van der Waals surface area (Å²) in [6.07, 6.45) is 58.6. The standard InChI is InChI=1S/C45H79NO/c1-6-8-10-12-14-16-18-20-22-24-26-28-30-32-34-36-41-45(47-44(3)40-38-39-43-46(4)5)42-37-35-33-31-29-27-25-23-21-19-17-15-13-11-9-7-2/h14-17,20-23,26-29,45H,3,6-13,18-19,24-25,30-43H2,1-2,4-5H3/b16-14-,17-15-,22-20-,23-21-,28-26-,29-27-. The Morgan fingerprint density at radius 3 is 1.26 bits per heavy atom. The number of allylic oxidation sites excluding steroid dienone is 13. The van der Waals surface area contributed by atoms with Gasteiger partial charge < -0.3 is 9.64 Å². The van der Waals surface area contributed by atoms with Crippen molar-refractivity contribution in [2.75, 3.05) is 20.6 Å². The first-order valence-electron chi connectivity index (χ1n) is 20.0. The monoisotopic (exact) mass is 650 g/mol. The Labute approximate surface area is 295 Å². The van der Waals surface area contributed by atoms with Gasteiger partial charge in [0.15, 0.2) is 0 Å². The van der Waals surface area contributed by atoms with Gasteiger partial charge in [0.05, 0.1) is 11.9 Å². The SMILES string of the molecule is C=C(CCCCN(C)C)OC(CCCCC/C=C\C/C=C\C/C=C\CCCCC)CCCCC/C=C\C/C=C\C/C=C\CCCCC. The van der Waals surface area contributed by atoms with Crippen molar-refractivity contribution in [2.45, 2.75) is 180 Å². The molecule has 0 amide bonds. The lowest BCUT2D eigenvalue weighted by Gasteiger charge is -2.21. The van der Waals surface area contributed by atoms with Gasteiger partial charge >= 0.3 is 0 Å². The zero-order valence-electron chi connectivity index (χ0n) is 32.0. The molecule has 0 aliphatic rings. The van der Waals surface area contributed by atoms with Gasteiger partial charge in [0.2, 0.25) is 0 Å². The van der Waals surface area contributed by atoms with E-state index >= 15 is 0 Å². The molecule has 0 rings (SSSR count). The molecule has 0 aromatic heterocycles. The molecule has 0 aromatic rings. The predicted octanol–water partition coefficient (Wildman–Crippen LogP) is 14.6. The minimum atomic E-state index is 0.332. The molecule has 0 N–H and O–H groups in total. The van der Waals surface area contributed by atoms with Gasteiger partial charge in [0, 0.05) is 6.42 Å². The van der Waals surface area contributed by atoms with Crippen LogP contribution in [0.3, 0.4) is 0 Å². The molecule has 0 unspecified atom stereocenters. The Morgan fingerprint density at radius 2 is 0.872 bits per heavy atom. The molecule has 0 atom stereocenters. The van der Waals surface area contributed by atoms with E-state index in [1.165, 1.54) is 109 Å². The van der Waals surface area contributed by atoms with Gasteiger partial charge in [-0.25, -0.2) is 0 Å². The molecule has 0 spiro atoms. The molecule has 0 fully saturated rings. The second kappa shape index (κ2) is 38.4. The largest absolute Gasteiger partial charge is 0.495 e. The van der Waals surface area contributed by atoms with Crippen LogP contribution in [-0.4, -0.2) is 31.6 Å². The Balaban J connectivity index is 4.19. The highest BCUT2D eigenvalue weighted by Gasteiger charge is 2.11. The predicted molar refractivity (Wildman–Crippen MR) is 214 cm³/mol. The lowest BCUT2D eigenvalue weighted by atomic mass is 10.0. The van der Waals surface area contributed by atoms with E-state index in [1.54, 1.807) is 0 Å². The number of unbranched alkanes of at least 4 members (excludes halogenated alkanes) is 13. The molecule has 0 saturated heterocycles. The van der Waals surface area contributed by atoms with E-state index in [1.807, 2.05) is 0 Å². The van der Waals surface area contributed by atoms with Crippen LogP contribution < -0.4 is 0 Å². The summed E-state index contributed by atoms with van der Waals surface area (Å²) in [7, 11) is 4.29. The van der Waals surface area contributed by atoms with Gasteiger partial charge in [-0.1, -0.05) is 132 Å². The van der Waals surface area contributed by atoms with E-state index in [0.717, 1.165) is 63.7 Å². The van der Waals surface area contributed by atoms with Gasteiger partial charge in [0.1, 0.15) is 0 Å². The molecule has 0 saturated carbocycles. The van der Waals surface area contributed by atoms with E-state index in [0.29, 0.717) is 6.10 Å². The average Bonchev–Trinajstić information content (AvgIpc) is 3.06. The lowest BCUT2D eigenvalue weighted by molar-refractivity contribution is 0.0895. The van der Waals surface area contributed by atoms with Crippen molar-refractivity contribution in [2.24, 2.45) is 0 Å². The highest BCUT2D eigenvalue weighted by molar-refractivity contribution is 4.98. The van der Waals surface area contributed by atoms with E-state index in [-0.39, 0.29) is 0 Å². The van der Waals surface area contributed by atoms with Gasteiger partial charge in [-0.3, -0.25) is 0 Å². The Kier molecular flexibility index (Phi) is 36.7. The molecule has 0 aliphatic carbocycles. The van der Waals surface area contributed by atoms with E-state index in [9.17, 15) is 0 Å². The summed E-state index contributed by atoms with van der Waals surface area (Å²) in [4.78, 5) is 2.26. The first kappa shape index (κ1) is 44.9. The van der Waals surface area contributed by atoms with Crippen molar-refractivity contribution in [3.8, 4) is 0 Å². The number of rotatable bonds is 35.